The van der Waals surface area contributed by atoms with Crippen LogP contribution in [0.25, 0.3) is 0 Å². The molecule has 0 aliphatic carbocycles. The van der Waals surface area contributed by atoms with Gasteiger partial charge in [0.25, 0.3) is 0 Å². The number of nitrogens with two attached hydrogens (primary N) is 1. The molecule has 86 valence electrons. The minimum atomic E-state index is -4.51. The third-order valence-corrected chi connectivity index (χ3v) is 2.01. The van der Waals surface area contributed by atoms with E-state index in [1.165, 1.54) is 14.0 Å². The Morgan fingerprint density at radius 1 is 1.53 bits per heavy atom. The van der Waals surface area contributed by atoms with Crippen molar-refractivity contribution in [2.45, 2.75) is 25.2 Å². The first-order valence-electron chi connectivity index (χ1n) is 4.28. The lowest BCUT2D eigenvalue weighted by molar-refractivity contribution is -0.141. The number of aromatic nitrogens is 2. The first-order valence-corrected chi connectivity index (χ1v) is 4.28. The molecule has 0 saturated carbocycles. The minimum Gasteiger partial charge on any atom is -0.385 e. The molecule has 0 saturated heterocycles. The van der Waals surface area contributed by atoms with E-state index >= 15 is 0 Å². The second-order valence-electron chi connectivity index (χ2n) is 3.38. The Kier molecular flexibility index (Phi) is 3.05. The Balaban J connectivity index is 3.07. The minimum absolute atomic E-state index is 0.0531. The highest BCUT2D eigenvalue weighted by atomic mass is 19.4. The number of nitrogens with zero attached hydrogens (tertiary/aromatic N) is 2. The molecule has 0 radical (unpaired) electrons. The molecule has 0 fully saturated rings. The number of rotatable bonds is 2. The number of aliphatic hydroxyl groups excluding tert-OH is 1. The summed E-state index contributed by atoms with van der Waals surface area (Å²) in [6.07, 6.45) is -5.66. The highest BCUT2D eigenvalue weighted by Gasteiger charge is 2.35. The van der Waals surface area contributed by atoms with Gasteiger partial charge in [0.15, 0.2) is 5.69 Å². The van der Waals surface area contributed by atoms with Crippen LogP contribution < -0.4 is 5.73 Å². The zero-order valence-corrected chi connectivity index (χ0v) is 8.28. The monoisotopic (exact) mass is 223 g/mol. The molecule has 2 unspecified atom stereocenters. The first-order chi connectivity index (χ1) is 6.73. The highest BCUT2D eigenvalue weighted by Crippen LogP contribution is 2.30. The molecule has 0 aliphatic heterocycles. The van der Waals surface area contributed by atoms with Crippen molar-refractivity contribution in [3.63, 3.8) is 0 Å². The quantitative estimate of drug-likeness (QED) is 0.780. The fourth-order valence-electron chi connectivity index (χ4n) is 1.17. The van der Waals surface area contributed by atoms with Crippen LogP contribution in [0.2, 0.25) is 0 Å². The molecule has 0 aromatic carbocycles. The molecule has 4 nitrogen and oxygen atoms in total. The van der Waals surface area contributed by atoms with E-state index in [4.69, 9.17) is 5.73 Å². The number of aryl methyl sites for hydroxylation is 1. The Morgan fingerprint density at radius 2 is 2.07 bits per heavy atom. The number of hydrogen-bond acceptors (Lipinski definition) is 3. The van der Waals surface area contributed by atoms with Crippen LogP contribution in [-0.2, 0) is 13.2 Å². The van der Waals surface area contributed by atoms with E-state index in [-0.39, 0.29) is 5.69 Å². The van der Waals surface area contributed by atoms with E-state index in [2.05, 4.69) is 5.10 Å². The van der Waals surface area contributed by atoms with Gasteiger partial charge in [-0.25, -0.2) is 0 Å². The maximum Gasteiger partial charge on any atom is 0.435 e. The average molecular weight is 223 g/mol. The fourth-order valence-corrected chi connectivity index (χ4v) is 1.17. The Hall–Kier alpha value is -1.08. The summed E-state index contributed by atoms with van der Waals surface area (Å²) >= 11 is 0. The summed E-state index contributed by atoms with van der Waals surface area (Å²) in [6.45, 7) is 1.50. The van der Waals surface area contributed by atoms with Gasteiger partial charge in [0.05, 0.1) is 5.69 Å². The van der Waals surface area contributed by atoms with Crippen molar-refractivity contribution in [3.05, 3.63) is 17.5 Å². The lowest BCUT2D eigenvalue weighted by Gasteiger charge is -2.13. The van der Waals surface area contributed by atoms with Crippen molar-refractivity contribution in [2.24, 2.45) is 12.8 Å². The van der Waals surface area contributed by atoms with Gasteiger partial charge in [0.2, 0.25) is 0 Å². The van der Waals surface area contributed by atoms with Crippen LogP contribution in [0, 0.1) is 0 Å². The zero-order valence-electron chi connectivity index (χ0n) is 8.28. The van der Waals surface area contributed by atoms with Gasteiger partial charge in [-0.1, -0.05) is 0 Å². The van der Waals surface area contributed by atoms with Crippen LogP contribution >= 0.6 is 0 Å². The molecule has 1 aromatic rings. The van der Waals surface area contributed by atoms with Crippen molar-refractivity contribution in [1.82, 2.24) is 9.78 Å². The van der Waals surface area contributed by atoms with Gasteiger partial charge in [-0.3, -0.25) is 4.68 Å². The van der Waals surface area contributed by atoms with Crippen LogP contribution in [0.15, 0.2) is 6.07 Å². The van der Waals surface area contributed by atoms with Crippen molar-refractivity contribution in [3.8, 4) is 0 Å². The van der Waals surface area contributed by atoms with Crippen molar-refractivity contribution < 1.29 is 18.3 Å². The molecule has 0 bridgehead atoms. The third kappa shape index (κ3) is 2.48. The van der Waals surface area contributed by atoms with Gasteiger partial charge < -0.3 is 10.8 Å². The summed E-state index contributed by atoms with van der Waals surface area (Å²) in [7, 11) is 1.33. The SMILES string of the molecule is CC(N)C(O)c1cc(C(F)(F)F)nn1C. The van der Waals surface area contributed by atoms with Crippen LogP contribution in [0.4, 0.5) is 13.2 Å². The summed E-state index contributed by atoms with van der Waals surface area (Å²) in [5.41, 5.74) is 4.41. The topological polar surface area (TPSA) is 64.1 Å². The van der Waals surface area contributed by atoms with E-state index in [9.17, 15) is 18.3 Å². The summed E-state index contributed by atoms with van der Waals surface area (Å²) < 4.78 is 37.8. The molecule has 1 rings (SSSR count). The lowest BCUT2D eigenvalue weighted by atomic mass is 10.1. The molecular weight excluding hydrogens is 211 g/mol. The maximum atomic E-state index is 12.3. The lowest BCUT2D eigenvalue weighted by Crippen LogP contribution is -2.26. The molecule has 2 atom stereocenters. The molecule has 0 amide bonds. The molecule has 15 heavy (non-hydrogen) atoms. The Bertz CT molecular complexity index is 345. The fraction of sp³-hybridized carbons (Fsp3) is 0.625. The van der Waals surface area contributed by atoms with Crippen LogP contribution in [-0.4, -0.2) is 20.9 Å². The maximum absolute atomic E-state index is 12.3. The van der Waals surface area contributed by atoms with Gasteiger partial charge in [0, 0.05) is 13.1 Å². The summed E-state index contributed by atoms with van der Waals surface area (Å²) in [4.78, 5) is 0. The van der Waals surface area contributed by atoms with E-state index in [0.29, 0.717) is 0 Å². The Labute approximate surface area is 84.5 Å². The smallest absolute Gasteiger partial charge is 0.385 e. The first kappa shape index (κ1) is 12.0. The van der Waals surface area contributed by atoms with Gasteiger partial charge in [-0.2, -0.15) is 18.3 Å². The van der Waals surface area contributed by atoms with Gasteiger partial charge in [-0.05, 0) is 13.0 Å². The van der Waals surface area contributed by atoms with Crippen LogP contribution in [0.1, 0.15) is 24.4 Å². The van der Waals surface area contributed by atoms with Crippen molar-refractivity contribution >= 4 is 0 Å². The van der Waals surface area contributed by atoms with Gasteiger partial charge >= 0.3 is 6.18 Å². The molecule has 1 heterocycles. The molecule has 7 heteroatoms. The van der Waals surface area contributed by atoms with Crippen LogP contribution in [0.5, 0.6) is 0 Å². The van der Waals surface area contributed by atoms with Crippen LogP contribution in [0.3, 0.4) is 0 Å². The summed E-state index contributed by atoms with van der Waals surface area (Å²) in [5, 5.41) is 12.8. The predicted octanol–water partition coefficient (Wildman–Crippen LogP) is 0.820. The molecule has 3 N–H and O–H groups in total. The van der Waals surface area contributed by atoms with E-state index in [1.807, 2.05) is 0 Å². The number of alkyl halides is 3. The number of aliphatic hydroxyl groups is 1. The van der Waals surface area contributed by atoms with Gasteiger partial charge in [0.1, 0.15) is 6.10 Å². The molecule has 1 aromatic heterocycles. The standard InChI is InChI=1S/C8H12F3N3O/c1-4(12)7(15)5-3-6(8(9,10)11)13-14(5)2/h3-4,7,15H,12H2,1-2H3. The van der Waals surface area contributed by atoms with Crippen molar-refractivity contribution in [2.75, 3.05) is 0 Å². The second kappa shape index (κ2) is 3.82. The molecule has 0 spiro atoms. The third-order valence-electron chi connectivity index (χ3n) is 2.01. The normalized spacial score (nSPS) is 16.5. The van der Waals surface area contributed by atoms with Gasteiger partial charge in [-0.15, -0.1) is 0 Å². The zero-order chi connectivity index (χ0) is 11.8. The predicted molar refractivity (Wildman–Crippen MR) is 46.8 cm³/mol. The van der Waals surface area contributed by atoms with E-state index in [0.717, 1.165) is 10.7 Å². The number of halogens is 3. The molecular formula is C8H12F3N3O. The largest absolute Gasteiger partial charge is 0.435 e. The molecule has 0 aliphatic rings. The average Bonchev–Trinajstić information content (AvgIpc) is 2.45. The van der Waals surface area contributed by atoms with Crippen molar-refractivity contribution in [1.29, 1.82) is 0 Å². The second-order valence-corrected chi connectivity index (χ2v) is 3.38. The Morgan fingerprint density at radius 3 is 2.40 bits per heavy atom. The van der Waals surface area contributed by atoms with E-state index in [1.54, 1.807) is 0 Å². The highest BCUT2D eigenvalue weighted by molar-refractivity contribution is 5.16. The summed E-state index contributed by atoms with van der Waals surface area (Å²) in [6, 6.07) is 0.148. The number of hydrogen-bond donors (Lipinski definition) is 2. The van der Waals surface area contributed by atoms with E-state index < -0.39 is 24.0 Å². The summed E-state index contributed by atoms with van der Waals surface area (Å²) in [5.74, 6) is 0.